The van der Waals surface area contributed by atoms with Crippen LogP contribution in [0.15, 0.2) is 35.4 Å². The highest BCUT2D eigenvalue weighted by molar-refractivity contribution is 7.99. The second-order valence-corrected chi connectivity index (χ2v) is 5.90. The van der Waals surface area contributed by atoms with Crippen LogP contribution in [-0.4, -0.2) is 21.3 Å². The minimum absolute atomic E-state index is 0.405. The van der Waals surface area contributed by atoms with Gasteiger partial charge in [-0.1, -0.05) is 32.0 Å². The Bertz CT molecular complexity index is 546. The molecule has 0 radical (unpaired) electrons. The zero-order chi connectivity index (χ0) is 13.1. The summed E-state index contributed by atoms with van der Waals surface area (Å²) in [4.78, 5) is 11.2. The Morgan fingerprint density at radius 2 is 1.94 bits per heavy atom. The van der Waals surface area contributed by atoms with E-state index in [9.17, 15) is 4.79 Å². The van der Waals surface area contributed by atoms with Crippen LogP contribution in [0.1, 0.15) is 29.9 Å². The fourth-order valence-corrected chi connectivity index (χ4v) is 2.75. The highest BCUT2D eigenvalue weighted by atomic mass is 32.2. The molecular weight excluding hydrogens is 244 g/mol. The second kappa shape index (κ2) is 5.40. The molecule has 0 bridgehead atoms. The van der Waals surface area contributed by atoms with Crippen molar-refractivity contribution in [2.75, 3.05) is 0 Å². The van der Waals surface area contributed by atoms with Gasteiger partial charge in [-0.25, -0.2) is 4.68 Å². The van der Waals surface area contributed by atoms with Crippen molar-refractivity contribution in [1.82, 2.24) is 9.78 Å². The van der Waals surface area contributed by atoms with Crippen molar-refractivity contribution < 1.29 is 4.79 Å². The van der Waals surface area contributed by atoms with Crippen LogP contribution in [-0.2, 0) is 0 Å². The minimum atomic E-state index is 0.405. The molecule has 4 heteroatoms. The van der Waals surface area contributed by atoms with Crippen LogP contribution in [0.4, 0.5) is 0 Å². The Balaban J connectivity index is 2.56. The molecule has 0 saturated carbocycles. The van der Waals surface area contributed by atoms with Crippen molar-refractivity contribution in [2.24, 2.45) is 0 Å². The molecule has 0 N–H and O–H groups in total. The summed E-state index contributed by atoms with van der Waals surface area (Å²) in [6.45, 7) is 6.08. The van der Waals surface area contributed by atoms with E-state index in [0.717, 1.165) is 22.7 Å². The van der Waals surface area contributed by atoms with Crippen molar-refractivity contribution in [1.29, 1.82) is 0 Å². The lowest BCUT2D eigenvalue weighted by atomic mass is 10.3. The number of thioether (sulfide) groups is 1. The molecule has 0 aliphatic carbocycles. The molecule has 2 rings (SSSR count). The Labute approximate surface area is 111 Å². The molecule has 0 aliphatic rings. The maximum atomic E-state index is 11.2. The Hall–Kier alpha value is -1.55. The van der Waals surface area contributed by atoms with Gasteiger partial charge in [0.15, 0.2) is 6.29 Å². The highest BCUT2D eigenvalue weighted by Gasteiger charge is 2.17. The van der Waals surface area contributed by atoms with E-state index in [1.807, 2.05) is 41.9 Å². The van der Waals surface area contributed by atoms with Crippen LogP contribution in [0.3, 0.4) is 0 Å². The average Bonchev–Trinajstić information content (AvgIpc) is 2.66. The molecular formula is C14H16N2OS. The number of benzene rings is 1. The first kappa shape index (κ1) is 12.9. The SMILES string of the molecule is Cc1nn(-c2ccccc2)c(SC(C)C)c1C=O. The number of para-hydroxylation sites is 1. The number of rotatable bonds is 4. The quantitative estimate of drug-likeness (QED) is 0.623. The number of aryl methyl sites for hydroxylation is 1. The van der Waals surface area contributed by atoms with E-state index in [0.29, 0.717) is 10.8 Å². The molecule has 1 aromatic carbocycles. The summed E-state index contributed by atoms with van der Waals surface area (Å²) in [5.41, 5.74) is 2.45. The summed E-state index contributed by atoms with van der Waals surface area (Å²) < 4.78 is 1.85. The number of carbonyl (C=O) groups is 1. The minimum Gasteiger partial charge on any atom is -0.298 e. The summed E-state index contributed by atoms with van der Waals surface area (Å²) in [6.07, 6.45) is 0.895. The van der Waals surface area contributed by atoms with Crippen molar-refractivity contribution in [2.45, 2.75) is 31.0 Å². The summed E-state index contributed by atoms with van der Waals surface area (Å²) in [7, 11) is 0. The Kier molecular flexibility index (Phi) is 3.87. The largest absolute Gasteiger partial charge is 0.298 e. The maximum absolute atomic E-state index is 11.2. The van der Waals surface area contributed by atoms with E-state index in [4.69, 9.17) is 0 Å². The van der Waals surface area contributed by atoms with Crippen LogP contribution in [0.5, 0.6) is 0 Å². The van der Waals surface area contributed by atoms with E-state index in [1.165, 1.54) is 0 Å². The normalized spacial score (nSPS) is 10.9. The molecule has 18 heavy (non-hydrogen) atoms. The van der Waals surface area contributed by atoms with Crippen LogP contribution in [0, 0.1) is 6.92 Å². The number of aromatic nitrogens is 2. The van der Waals surface area contributed by atoms with Crippen LogP contribution >= 0.6 is 11.8 Å². The standard InChI is InChI=1S/C14H16N2OS/c1-10(2)18-14-13(9-17)11(3)15-16(14)12-7-5-4-6-8-12/h4-10H,1-3H3. The van der Waals surface area contributed by atoms with E-state index in [2.05, 4.69) is 18.9 Å². The van der Waals surface area contributed by atoms with E-state index < -0.39 is 0 Å². The van der Waals surface area contributed by atoms with Gasteiger partial charge in [-0.15, -0.1) is 11.8 Å². The average molecular weight is 260 g/mol. The van der Waals surface area contributed by atoms with Crippen molar-refractivity contribution in [3.05, 3.63) is 41.6 Å². The summed E-state index contributed by atoms with van der Waals surface area (Å²) in [5.74, 6) is 0. The molecule has 0 fully saturated rings. The molecule has 1 aromatic heterocycles. The smallest absolute Gasteiger partial charge is 0.154 e. The van der Waals surface area contributed by atoms with Crippen LogP contribution in [0.25, 0.3) is 5.69 Å². The number of nitrogens with zero attached hydrogens (tertiary/aromatic N) is 2. The molecule has 0 unspecified atom stereocenters. The van der Waals surface area contributed by atoms with Crippen molar-refractivity contribution >= 4 is 18.0 Å². The third kappa shape index (κ3) is 2.48. The van der Waals surface area contributed by atoms with Gasteiger partial charge in [0.05, 0.1) is 16.9 Å². The van der Waals surface area contributed by atoms with Gasteiger partial charge in [-0.2, -0.15) is 5.10 Å². The topological polar surface area (TPSA) is 34.9 Å². The van der Waals surface area contributed by atoms with Gasteiger partial charge in [-0.3, -0.25) is 4.79 Å². The van der Waals surface area contributed by atoms with Crippen molar-refractivity contribution in [3.63, 3.8) is 0 Å². The second-order valence-electron chi connectivity index (χ2n) is 4.34. The van der Waals surface area contributed by atoms with Crippen LogP contribution in [0.2, 0.25) is 0 Å². The predicted molar refractivity (Wildman–Crippen MR) is 74.7 cm³/mol. The molecule has 0 aliphatic heterocycles. The van der Waals surface area contributed by atoms with Gasteiger partial charge in [0.25, 0.3) is 0 Å². The van der Waals surface area contributed by atoms with Gasteiger partial charge in [0, 0.05) is 5.25 Å². The monoisotopic (exact) mass is 260 g/mol. The summed E-state index contributed by atoms with van der Waals surface area (Å²) in [6, 6.07) is 9.89. The fraction of sp³-hybridized carbons (Fsp3) is 0.286. The molecule has 0 spiro atoms. The predicted octanol–water partition coefficient (Wildman–Crippen LogP) is 3.49. The van der Waals surface area contributed by atoms with E-state index in [1.54, 1.807) is 11.8 Å². The third-order valence-corrected chi connectivity index (χ3v) is 3.62. The van der Waals surface area contributed by atoms with Crippen molar-refractivity contribution in [3.8, 4) is 5.69 Å². The lowest BCUT2D eigenvalue weighted by molar-refractivity contribution is 0.112. The van der Waals surface area contributed by atoms with E-state index in [-0.39, 0.29) is 0 Å². The number of carbonyl (C=O) groups excluding carboxylic acids is 1. The number of aldehydes is 1. The zero-order valence-corrected chi connectivity index (χ0v) is 11.6. The van der Waals surface area contributed by atoms with Gasteiger partial charge < -0.3 is 0 Å². The van der Waals surface area contributed by atoms with Crippen LogP contribution < -0.4 is 0 Å². The lowest BCUT2D eigenvalue weighted by Crippen LogP contribution is -2.00. The molecule has 3 nitrogen and oxygen atoms in total. The summed E-state index contributed by atoms with van der Waals surface area (Å²) in [5, 5.41) is 5.79. The third-order valence-electron chi connectivity index (χ3n) is 2.53. The van der Waals surface area contributed by atoms with Gasteiger partial charge >= 0.3 is 0 Å². The number of hydrogen-bond acceptors (Lipinski definition) is 3. The van der Waals surface area contributed by atoms with E-state index >= 15 is 0 Å². The first-order valence-electron chi connectivity index (χ1n) is 5.90. The molecule has 2 aromatic rings. The molecule has 0 atom stereocenters. The maximum Gasteiger partial charge on any atom is 0.154 e. The first-order chi connectivity index (χ1) is 8.63. The molecule has 94 valence electrons. The molecule has 0 saturated heterocycles. The highest BCUT2D eigenvalue weighted by Crippen LogP contribution is 2.30. The summed E-state index contributed by atoms with van der Waals surface area (Å²) >= 11 is 1.66. The van der Waals surface area contributed by atoms with Gasteiger partial charge in [0.2, 0.25) is 0 Å². The zero-order valence-electron chi connectivity index (χ0n) is 10.8. The Morgan fingerprint density at radius 3 is 2.50 bits per heavy atom. The Morgan fingerprint density at radius 1 is 1.28 bits per heavy atom. The molecule has 1 heterocycles. The fourth-order valence-electron chi connectivity index (χ4n) is 1.73. The van der Waals surface area contributed by atoms with Gasteiger partial charge in [0.1, 0.15) is 5.03 Å². The lowest BCUT2D eigenvalue weighted by Gasteiger charge is -2.09. The number of hydrogen-bond donors (Lipinski definition) is 0. The molecule has 0 amide bonds. The van der Waals surface area contributed by atoms with Gasteiger partial charge in [-0.05, 0) is 19.1 Å². The first-order valence-corrected chi connectivity index (χ1v) is 6.78.